The Morgan fingerprint density at radius 3 is 2.81 bits per heavy atom. The lowest BCUT2D eigenvalue weighted by Crippen LogP contribution is -1.93. The zero-order valence-corrected chi connectivity index (χ0v) is 12.5. The first-order valence-electron chi connectivity index (χ1n) is 6.59. The summed E-state index contributed by atoms with van der Waals surface area (Å²) >= 11 is 5.96. The van der Waals surface area contributed by atoms with Crippen LogP contribution in [0.5, 0.6) is 0 Å². The van der Waals surface area contributed by atoms with Gasteiger partial charge in [0.1, 0.15) is 6.04 Å². The van der Waals surface area contributed by atoms with Crippen molar-refractivity contribution >= 4 is 28.6 Å². The summed E-state index contributed by atoms with van der Waals surface area (Å²) in [4.78, 5) is 8.70. The Balaban J connectivity index is 1.89. The number of azo groups is 1. The number of hydrogen-bond donors (Lipinski definition) is 0. The lowest BCUT2D eigenvalue weighted by atomic mass is 10.2. The molecule has 0 spiro atoms. The van der Waals surface area contributed by atoms with Crippen LogP contribution in [-0.2, 0) is 7.05 Å². The second-order valence-corrected chi connectivity index (χ2v) is 5.19. The Kier molecular flexibility index (Phi) is 3.66. The maximum absolute atomic E-state index is 5.96. The molecule has 1 aromatic carbocycles. The number of rotatable bonds is 3. The average Bonchev–Trinajstić information content (AvgIpc) is 2.82. The molecular formula is C15H14ClN5. The van der Waals surface area contributed by atoms with E-state index in [0.29, 0.717) is 11.0 Å². The molecule has 6 heteroatoms. The number of nitrogens with zero attached hydrogens (tertiary/aromatic N) is 5. The molecule has 0 aliphatic heterocycles. The molecule has 3 aromatic rings. The third kappa shape index (κ3) is 2.78. The standard InChI is InChI=1S/C15H14ClN5/c1-10(13-9-11(16)7-8-17-13)19-20-15-18-12-5-3-4-6-14(12)21(15)2/h3-10H,1-2H3. The molecule has 5 nitrogen and oxygen atoms in total. The number of aryl methyl sites for hydroxylation is 1. The molecule has 0 radical (unpaired) electrons. The van der Waals surface area contributed by atoms with Crippen molar-refractivity contribution in [3.8, 4) is 0 Å². The van der Waals surface area contributed by atoms with Crippen molar-refractivity contribution in [3.63, 3.8) is 0 Å². The number of hydrogen-bond acceptors (Lipinski definition) is 4. The summed E-state index contributed by atoms with van der Waals surface area (Å²) in [6.45, 7) is 1.92. The van der Waals surface area contributed by atoms with E-state index in [1.807, 2.05) is 42.8 Å². The molecule has 2 aromatic heterocycles. The second-order valence-electron chi connectivity index (χ2n) is 4.75. The van der Waals surface area contributed by atoms with Crippen LogP contribution >= 0.6 is 11.6 Å². The summed E-state index contributed by atoms with van der Waals surface area (Å²) in [6.07, 6.45) is 1.67. The zero-order valence-electron chi connectivity index (χ0n) is 11.7. The molecule has 3 rings (SSSR count). The fourth-order valence-corrected chi connectivity index (χ4v) is 2.24. The van der Waals surface area contributed by atoms with Gasteiger partial charge in [-0.15, -0.1) is 5.11 Å². The largest absolute Gasteiger partial charge is 0.310 e. The van der Waals surface area contributed by atoms with E-state index < -0.39 is 0 Å². The molecule has 0 saturated heterocycles. The average molecular weight is 300 g/mol. The van der Waals surface area contributed by atoms with E-state index in [4.69, 9.17) is 11.6 Å². The van der Waals surface area contributed by atoms with Gasteiger partial charge in [-0.2, -0.15) is 5.11 Å². The van der Waals surface area contributed by atoms with Crippen LogP contribution in [0, 0.1) is 0 Å². The summed E-state index contributed by atoms with van der Waals surface area (Å²) in [5.41, 5.74) is 2.72. The highest BCUT2D eigenvalue weighted by molar-refractivity contribution is 6.30. The van der Waals surface area contributed by atoms with Gasteiger partial charge in [-0.3, -0.25) is 4.98 Å². The Bertz CT molecular complexity index is 809. The Hall–Kier alpha value is -2.27. The van der Waals surface area contributed by atoms with Crippen molar-refractivity contribution in [2.45, 2.75) is 13.0 Å². The molecule has 0 amide bonds. The Morgan fingerprint density at radius 1 is 1.24 bits per heavy atom. The molecule has 1 atom stereocenters. The van der Waals surface area contributed by atoms with Crippen LogP contribution in [-0.4, -0.2) is 14.5 Å². The zero-order chi connectivity index (χ0) is 14.8. The van der Waals surface area contributed by atoms with Gasteiger partial charge in [-0.25, -0.2) is 4.98 Å². The molecule has 1 unspecified atom stereocenters. The van der Waals surface area contributed by atoms with Gasteiger partial charge in [0.05, 0.1) is 16.7 Å². The molecule has 2 heterocycles. The van der Waals surface area contributed by atoms with Crippen molar-refractivity contribution in [2.24, 2.45) is 17.3 Å². The van der Waals surface area contributed by atoms with Crippen molar-refractivity contribution < 1.29 is 0 Å². The monoisotopic (exact) mass is 299 g/mol. The van der Waals surface area contributed by atoms with Crippen molar-refractivity contribution in [2.75, 3.05) is 0 Å². The van der Waals surface area contributed by atoms with Crippen LogP contribution < -0.4 is 0 Å². The maximum atomic E-state index is 5.96. The van der Waals surface area contributed by atoms with Crippen molar-refractivity contribution in [3.05, 3.63) is 53.3 Å². The molecule has 0 bridgehead atoms. The number of fused-ring (bicyclic) bond motifs is 1. The number of pyridine rings is 1. The van der Waals surface area contributed by atoms with Gasteiger partial charge in [0.15, 0.2) is 0 Å². The lowest BCUT2D eigenvalue weighted by molar-refractivity contribution is 0.724. The van der Waals surface area contributed by atoms with Crippen LogP contribution in [0.4, 0.5) is 5.95 Å². The first kappa shape index (κ1) is 13.7. The van der Waals surface area contributed by atoms with Gasteiger partial charge >= 0.3 is 0 Å². The van der Waals surface area contributed by atoms with E-state index in [2.05, 4.69) is 20.2 Å². The molecule has 0 aliphatic carbocycles. The number of aromatic nitrogens is 3. The van der Waals surface area contributed by atoms with E-state index >= 15 is 0 Å². The van der Waals surface area contributed by atoms with Gasteiger partial charge < -0.3 is 4.57 Å². The maximum Gasteiger partial charge on any atom is 0.249 e. The summed E-state index contributed by atoms with van der Waals surface area (Å²) in [5.74, 6) is 0.574. The van der Waals surface area contributed by atoms with Gasteiger partial charge in [-0.05, 0) is 31.2 Å². The highest BCUT2D eigenvalue weighted by atomic mass is 35.5. The van der Waals surface area contributed by atoms with E-state index in [0.717, 1.165) is 16.7 Å². The predicted molar refractivity (Wildman–Crippen MR) is 82.9 cm³/mol. The smallest absolute Gasteiger partial charge is 0.249 e. The molecule has 0 aliphatic rings. The first-order valence-corrected chi connectivity index (χ1v) is 6.96. The Labute approximate surface area is 127 Å². The Morgan fingerprint density at radius 2 is 2.05 bits per heavy atom. The fourth-order valence-electron chi connectivity index (χ4n) is 2.07. The van der Waals surface area contributed by atoms with Crippen LogP contribution in [0.2, 0.25) is 5.02 Å². The molecule has 106 valence electrons. The van der Waals surface area contributed by atoms with Gasteiger partial charge in [0.2, 0.25) is 5.95 Å². The lowest BCUT2D eigenvalue weighted by Gasteiger charge is -2.04. The van der Waals surface area contributed by atoms with Gasteiger partial charge in [0.25, 0.3) is 0 Å². The van der Waals surface area contributed by atoms with E-state index in [1.165, 1.54) is 0 Å². The van der Waals surface area contributed by atoms with E-state index in [9.17, 15) is 0 Å². The van der Waals surface area contributed by atoms with Crippen LogP contribution in [0.3, 0.4) is 0 Å². The quantitative estimate of drug-likeness (QED) is 0.670. The summed E-state index contributed by atoms with van der Waals surface area (Å²) in [5, 5.41) is 9.17. The van der Waals surface area contributed by atoms with Crippen molar-refractivity contribution in [1.29, 1.82) is 0 Å². The minimum absolute atomic E-state index is 0.177. The normalized spacial score (nSPS) is 13.1. The second kappa shape index (κ2) is 5.61. The van der Waals surface area contributed by atoms with Gasteiger partial charge in [-0.1, -0.05) is 23.7 Å². The summed E-state index contributed by atoms with van der Waals surface area (Å²) < 4.78 is 1.91. The topological polar surface area (TPSA) is 55.4 Å². The third-order valence-corrected chi connectivity index (χ3v) is 3.49. The highest BCUT2D eigenvalue weighted by Gasteiger charge is 2.08. The van der Waals surface area contributed by atoms with Crippen molar-refractivity contribution in [1.82, 2.24) is 14.5 Å². The van der Waals surface area contributed by atoms with E-state index in [-0.39, 0.29) is 6.04 Å². The number of para-hydroxylation sites is 2. The molecule has 21 heavy (non-hydrogen) atoms. The fraction of sp³-hybridized carbons (Fsp3) is 0.200. The van der Waals surface area contributed by atoms with Crippen LogP contribution in [0.15, 0.2) is 52.8 Å². The molecular weight excluding hydrogens is 286 g/mol. The molecule has 0 saturated carbocycles. The predicted octanol–water partition coefficient (Wildman–Crippen LogP) is 4.47. The molecule has 0 fully saturated rings. The number of imidazole rings is 1. The first-order chi connectivity index (χ1) is 10.1. The van der Waals surface area contributed by atoms with Gasteiger partial charge in [0, 0.05) is 18.3 Å². The third-order valence-electron chi connectivity index (χ3n) is 3.26. The minimum atomic E-state index is -0.177. The van der Waals surface area contributed by atoms with Crippen LogP contribution in [0.25, 0.3) is 11.0 Å². The summed E-state index contributed by atoms with van der Waals surface area (Å²) in [7, 11) is 1.92. The summed E-state index contributed by atoms with van der Waals surface area (Å²) in [6, 6.07) is 11.2. The minimum Gasteiger partial charge on any atom is -0.310 e. The SMILES string of the molecule is CC(N=Nc1nc2ccccc2n1C)c1cc(Cl)ccn1. The number of benzene rings is 1. The molecule has 0 N–H and O–H groups in total. The number of halogens is 1. The highest BCUT2D eigenvalue weighted by Crippen LogP contribution is 2.23. The van der Waals surface area contributed by atoms with E-state index in [1.54, 1.807) is 18.3 Å². The van der Waals surface area contributed by atoms with Crippen LogP contribution in [0.1, 0.15) is 18.7 Å².